The van der Waals surface area contributed by atoms with E-state index in [1.807, 2.05) is 6.92 Å². The number of aliphatic carboxylic acids is 1. The highest BCUT2D eigenvalue weighted by atomic mass is 16.5. The number of carbonyl (C=O) groups excluding carboxylic acids is 1. The Balaban J connectivity index is 1.57. The van der Waals surface area contributed by atoms with Gasteiger partial charge < -0.3 is 9.84 Å². The van der Waals surface area contributed by atoms with E-state index in [-0.39, 0.29) is 40.2 Å². The van der Waals surface area contributed by atoms with Crippen LogP contribution in [0.25, 0.3) is 0 Å². The summed E-state index contributed by atoms with van der Waals surface area (Å²) in [7, 11) is 0. The minimum atomic E-state index is -0.667. The van der Waals surface area contributed by atoms with Crippen LogP contribution in [-0.2, 0) is 14.3 Å². The highest BCUT2D eigenvalue weighted by Gasteiger charge is 2.83. The molecule has 1 spiro atoms. The van der Waals surface area contributed by atoms with Crippen LogP contribution in [0.15, 0.2) is 23.8 Å². The Morgan fingerprint density at radius 2 is 1.97 bits per heavy atom. The highest BCUT2D eigenvalue weighted by molar-refractivity contribution is 5.88. The first-order valence-electron chi connectivity index (χ1n) is 13.7. The van der Waals surface area contributed by atoms with Gasteiger partial charge in [0.1, 0.15) is 6.10 Å². The molecular weight excluding hydrogens is 424 g/mol. The second-order valence-corrected chi connectivity index (χ2v) is 13.2. The lowest BCUT2D eigenvalue weighted by molar-refractivity contribution is -0.150. The van der Waals surface area contributed by atoms with Gasteiger partial charge in [0.15, 0.2) is 0 Å². The van der Waals surface area contributed by atoms with Gasteiger partial charge in [-0.25, -0.2) is 4.79 Å². The van der Waals surface area contributed by atoms with Crippen LogP contribution in [-0.4, -0.2) is 23.1 Å². The topological polar surface area (TPSA) is 63.6 Å². The Bertz CT molecular complexity index is 949. The van der Waals surface area contributed by atoms with Crippen LogP contribution in [0.5, 0.6) is 0 Å². The van der Waals surface area contributed by atoms with Crippen LogP contribution in [0.1, 0.15) is 98.8 Å². The molecular formula is C30H44O4. The molecule has 34 heavy (non-hydrogen) atoms. The number of ether oxygens (including phenoxy) is 1. The van der Waals surface area contributed by atoms with Crippen LogP contribution in [0, 0.1) is 45.3 Å². The third-order valence-corrected chi connectivity index (χ3v) is 12.2. The molecule has 1 heterocycles. The minimum Gasteiger partial charge on any atom is -0.481 e. The third kappa shape index (κ3) is 2.89. The van der Waals surface area contributed by atoms with E-state index in [4.69, 9.17) is 4.74 Å². The Morgan fingerprint density at radius 3 is 2.62 bits per heavy atom. The van der Waals surface area contributed by atoms with Crippen LogP contribution in [0.2, 0.25) is 0 Å². The van der Waals surface area contributed by atoms with Gasteiger partial charge in [0, 0.05) is 18.4 Å². The van der Waals surface area contributed by atoms with Crippen molar-refractivity contribution in [3.05, 3.63) is 23.8 Å². The summed E-state index contributed by atoms with van der Waals surface area (Å²) in [6.45, 7) is 15.8. The first-order chi connectivity index (χ1) is 15.9. The number of esters is 1. The zero-order chi connectivity index (χ0) is 24.7. The summed E-state index contributed by atoms with van der Waals surface area (Å²) in [4.78, 5) is 24.3. The van der Waals surface area contributed by atoms with Crippen molar-refractivity contribution in [3.63, 3.8) is 0 Å². The van der Waals surface area contributed by atoms with Crippen molar-refractivity contribution >= 4 is 11.9 Å². The second kappa shape index (κ2) is 7.71. The number of rotatable bonds is 6. The van der Waals surface area contributed by atoms with Crippen LogP contribution in [0.3, 0.4) is 0 Å². The average molecular weight is 469 g/mol. The molecule has 0 aromatic heterocycles. The lowest BCUT2D eigenvalue weighted by atomic mass is 9.42. The Morgan fingerprint density at radius 1 is 1.24 bits per heavy atom. The van der Waals surface area contributed by atoms with E-state index >= 15 is 0 Å². The molecule has 188 valence electrons. The molecule has 0 bridgehead atoms. The molecule has 1 N–H and O–H groups in total. The van der Waals surface area contributed by atoms with Gasteiger partial charge in [0.25, 0.3) is 0 Å². The summed E-state index contributed by atoms with van der Waals surface area (Å²) < 4.78 is 5.96. The summed E-state index contributed by atoms with van der Waals surface area (Å²) in [6, 6.07) is 0. The van der Waals surface area contributed by atoms with Crippen LogP contribution in [0.4, 0.5) is 0 Å². The van der Waals surface area contributed by atoms with E-state index in [2.05, 4.69) is 40.3 Å². The van der Waals surface area contributed by atoms with Gasteiger partial charge >= 0.3 is 11.9 Å². The Labute approximate surface area is 205 Å². The van der Waals surface area contributed by atoms with E-state index in [9.17, 15) is 14.7 Å². The monoisotopic (exact) mass is 468 g/mol. The number of carboxylic acids is 1. The standard InChI is InChI=1S/C30H44O4/c1-18(2)21-11-14-27(5)16-17-30-23(29(21,27)15-12-24(31)32)8-7-13-28(30,6)25(30)20(4)22-10-9-19(3)26(33)34-22/h9,20-23,25H,1,7-8,10-17H2,2-6H3,(H,31,32)/t20-,21+,22-,23?,25-,27+,28-,29-,30?/m1/s1. The van der Waals surface area contributed by atoms with Gasteiger partial charge in [-0.05, 0) is 104 Å². The quantitative estimate of drug-likeness (QED) is 0.339. The molecule has 4 heteroatoms. The first kappa shape index (κ1) is 24.1. The molecule has 2 unspecified atom stereocenters. The summed E-state index contributed by atoms with van der Waals surface area (Å²) in [5, 5.41) is 9.77. The number of carboxylic acid groups (broad SMARTS) is 1. The van der Waals surface area contributed by atoms with Gasteiger partial charge in [0.05, 0.1) is 0 Å². The van der Waals surface area contributed by atoms with E-state index in [1.165, 1.54) is 44.1 Å². The lowest BCUT2D eigenvalue weighted by Crippen LogP contribution is -2.55. The van der Waals surface area contributed by atoms with Crippen molar-refractivity contribution in [3.8, 4) is 0 Å². The number of allylic oxidation sites excluding steroid dienone is 1. The third-order valence-electron chi connectivity index (χ3n) is 12.2. The summed E-state index contributed by atoms with van der Waals surface area (Å²) in [5.41, 5.74) is 2.70. The molecule has 0 saturated heterocycles. The van der Waals surface area contributed by atoms with Crippen molar-refractivity contribution < 1.29 is 19.4 Å². The van der Waals surface area contributed by atoms with Gasteiger partial charge in [-0.2, -0.15) is 0 Å². The smallest absolute Gasteiger partial charge is 0.333 e. The number of fused-ring (bicyclic) bond motifs is 2. The maximum absolute atomic E-state index is 12.4. The molecule has 4 nitrogen and oxygen atoms in total. The van der Waals surface area contributed by atoms with Crippen LogP contribution >= 0.6 is 0 Å². The summed E-state index contributed by atoms with van der Waals surface area (Å²) in [6.07, 6.45) is 12.3. The van der Waals surface area contributed by atoms with Gasteiger partial charge in [-0.15, -0.1) is 0 Å². The number of hydrogen-bond acceptors (Lipinski definition) is 3. The SMILES string of the molecule is C=C(C)[C@@H]1CC[C@@]2(C)CCC34C(CCC[C@]3(C)[C@H]4[C@H](C)[C@H]3CC=C(C)C(=O)O3)[C@@]12CCC(=O)O. The van der Waals surface area contributed by atoms with Crippen LogP contribution < -0.4 is 0 Å². The normalized spacial score (nSPS) is 48.0. The predicted octanol–water partition coefficient (Wildman–Crippen LogP) is 6.94. The van der Waals surface area contributed by atoms with E-state index in [0.29, 0.717) is 23.7 Å². The Kier molecular flexibility index (Phi) is 5.47. The largest absolute Gasteiger partial charge is 0.481 e. The first-order valence-corrected chi connectivity index (χ1v) is 13.7. The molecule has 1 aliphatic heterocycles. The highest BCUT2D eigenvalue weighted by Crippen LogP contribution is 2.89. The zero-order valence-electron chi connectivity index (χ0n) is 21.9. The summed E-state index contributed by atoms with van der Waals surface area (Å²) in [5.74, 6) is 0.984. The van der Waals surface area contributed by atoms with E-state index < -0.39 is 5.97 Å². The maximum atomic E-state index is 12.4. The van der Waals surface area contributed by atoms with Crippen molar-refractivity contribution in [1.82, 2.24) is 0 Å². The molecule has 5 rings (SSSR count). The fraction of sp³-hybridized carbons (Fsp3) is 0.800. The molecule has 4 aliphatic carbocycles. The number of carbonyl (C=O) groups is 2. The molecule has 0 aromatic rings. The van der Waals surface area contributed by atoms with Gasteiger partial charge in [0.2, 0.25) is 0 Å². The molecule has 5 aliphatic rings. The van der Waals surface area contributed by atoms with Crippen molar-refractivity contribution in [1.29, 1.82) is 0 Å². The van der Waals surface area contributed by atoms with Crippen molar-refractivity contribution in [2.75, 3.05) is 0 Å². The van der Waals surface area contributed by atoms with Crippen molar-refractivity contribution in [2.24, 2.45) is 45.3 Å². The van der Waals surface area contributed by atoms with E-state index in [1.54, 1.807) is 0 Å². The number of hydrogen-bond donors (Lipinski definition) is 1. The van der Waals surface area contributed by atoms with Gasteiger partial charge in [-0.3, -0.25) is 4.79 Å². The van der Waals surface area contributed by atoms with Gasteiger partial charge in [-0.1, -0.05) is 45.4 Å². The molecule has 0 amide bonds. The number of cyclic esters (lactones) is 1. The zero-order valence-corrected chi connectivity index (χ0v) is 21.9. The lowest BCUT2D eigenvalue weighted by Gasteiger charge is -2.62. The fourth-order valence-electron chi connectivity index (χ4n) is 10.9. The molecule has 0 radical (unpaired) electrons. The van der Waals surface area contributed by atoms with Crippen molar-refractivity contribution in [2.45, 2.75) is 105 Å². The molecule has 0 aromatic carbocycles. The molecule has 9 atom stereocenters. The minimum absolute atomic E-state index is 0.0192. The predicted molar refractivity (Wildman–Crippen MR) is 133 cm³/mol. The molecule has 4 fully saturated rings. The van der Waals surface area contributed by atoms with E-state index in [0.717, 1.165) is 24.8 Å². The second-order valence-electron chi connectivity index (χ2n) is 13.2. The summed E-state index contributed by atoms with van der Waals surface area (Å²) >= 11 is 0. The fourth-order valence-corrected chi connectivity index (χ4v) is 10.9. The maximum Gasteiger partial charge on any atom is 0.333 e. The average Bonchev–Trinajstić information content (AvgIpc) is 3.18. The Hall–Kier alpha value is -1.58. The molecule has 4 saturated carbocycles.